The summed E-state index contributed by atoms with van der Waals surface area (Å²) in [5, 5.41) is 7.10. The normalized spacial score (nSPS) is 10.7. The molecule has 4 heterocycles. The Bertz CT molecular complexity index is 1400. The molecule has 0 atom stereocenters. The van der Waals surface area contributed by atoms with E-state index in [1.165, 1.54) is 12.1 Å². The number of nitrogens with one attached hydrogen (secondary N) is 2. The molecule has 0 aliphatic carbocycles. The summed E-state index contributed by atoms with van der Waals surface area (Å²) < 4.78 is 16.8. The lowest BCUT2D eigenvalue weighted by Crippen LogP contribution is -2.00. The Morgan fingerprint density at radius 2 is 1.82 bits per heavy atom. The van der Waals surface area contributed by atoms with Crippen molar-refractivity contribution in [1.29, 1.82) is 0 Å². The lowest BCUT2D eigenvalue weighted by Gasteiger charge is -2.07. The molecule has 5 rings (SSSR count). The van der Waals surface area contributed by atoms with Crippen molar-refractivity contribution in [2.24, 2.45) is 7.05 Å². The molecule has 0 aliphatic heterocycles. The highest BCUT2D eigenvalue weighted by Crippen LogP contribution is 2.31. The topological polar surface area (TPSA) is 106 Å². The molecule has 1 aromatic carbocycles. The van der Waals surface area contributed by atoms with Gasteiger partial charge in [0.2, 0.25) is 6.41 Å². The quantitative estimate of drug-likeness (QED) is 0.408. The van der Waals surface area contributed by atoms with Gasteiger partial charge in [-0.05, 0) is 57.2 Å². The number of aromatic amines is 1. The first-order valence-electron chi connectivity index (χ1n) is 10.2. The molecule has 4 aromatic heterocycles. The molecular weight excluding hydrogens is 423 g/mol. The van der Waals surface area contributed by atoms with Gasteiger partial charge in [-0.3, -0.25) is 4.79 Å². The Labute approximate surface area is 189 Å². The number of hydrogen-bond acceptors (Lipinski definition) is 5. The van der Waals surface area contributed by atoms with Crippen molar-refractivity contribution in [2.75, 3.05) is 5.32 Å². The van der Waals surface area contributed by atoms with Crippen LogP contribution in [0.3, 0.4) is 0 Å². The summed E-state index contributed by atoms with van der Waals surface area (Å²) in [5.41, 5.74) is 4.77. The average molecular weight is 446 g/mol. The average Bonchev–Trinajstić information content (AvgIpc) is 3.46. The number of halogens is 1. The molecule has 1 amide bonds. The Morgan fingerprint density at radius 3 is 2.42 bits per heavy atom. The van der Waals surface area contributed by atoms with Gasteiger partial charge in [-0.25, -0.2) is 23.9 Å². The zero-order valence-corrected chi connectivity index (χ0v) is 18.7. The molecule has 0 radical (unpaired) electrons. The fraction of sp³-hybridized carbons (Fsp3) is 0.174. The summed E-state index contributed by atoms with van der Waals surface area (Å²) in [6, 6.07) is 9.87. The van der Waals surface area contributed by atoms with Crippen LogP contribution in [0, 0.1) is 26.6 Å². The van der Waals surface area contributed by atoms with Crippen molar-refractivity contribution >= 4 is 17.9 Å². The van der Waals surface area contributed by atoms with Gasteiger partial charge in [0.25, 0.3) is 0 Å². The minimum atomic E-state index is -0.295. The molecule has 9 nitrogen and oxygen atoms in total. The third-order valence-electron chi connectivity index (χ3n) is 5.04. The van der Waals surface area contributed by atoms with Gasteiger partial charge in [0, 0.05) is 24.5 Å². The number of nitrogens with zero attached hydrogens (tertiary/aromatic N) is 6. The zero-order valence-electron chi connectivity index (χ0n) is 18.7. The van der Waals surface area contributed by atoms with E-state index in [-0.39, 0.29) is 5.82 Å². The number of imidazole rings is 3. The van der Waals surface area contributed by atoms with Gasteiger partial charge in [-0.15, -0.1) is 0 Å². The number of carbonyl (C=O) groups excluding carboxylic acids is 1. The van der Waals surface area contributed by atoms with E-state index in [4.69, 9.17) is 0 Å². The summed E-state index contributed by atoms with van der Waals surface area (Å²) in [6.45, 7) is 5.82. The first-order valence-corrected chi connectivity index (χ1v) is 10.2. The van der Waals surface area contributed by atoms with Crippen LogP contribution < -0.4 is 5.32 Å². The van der Waals surface area contributed by atoms with Crippen LogP contribution in [-0.4, -0.2) is 40.5 Å². The number of fused-ring (bicyclic) bond motifs is 1. The van der Waals surface area contributed by atoms with Crippen molar-refractivity contribution in [2.45, 2.75) is 20.8 Å². The fourth-order valence-corrected chi connectivity index (χ4v) is 3.39. The van der Waals surface area contributed by atoms with Gasteiger partial charge >= 0.3 is 0 Å². The van der Waals surface area contributed by atoms with E-state index in [1.54, 1.807) is 22.8 Å². The van der Waals surface area contributed by atoms with E-state index >= 15 is 0 Å². The number of aryl methyl sites for hydroxylation is 3. The number of hydrogen-bond donors (Lipinski definition) is 2. The van der Waals surface area contributed by atoms with E-state index in [0.29, 0.717) is 23.6 Å². The van der Waals surface area contributed by atoms with E-state index in [9.17, 15) is 9.18 Å². The van der Waals surface area contributed by atoms with Gasteiger partial charge in [-0.2, -0.15) is 5.10 Å². The number of anilines is 1. The minimum absolute atomic E-state index is 0.295. The lowest BCUT2D eigenvalue weighted by molar-refractivity contribution is -0.105. The second-order valence-corrected chi connectivity index (χ2v) is 7.48. The second kappa shape index (κ2) is 9.03. The smallest absolute Gasteiger partial charge is 0.212 e. The Kier molecular flexibility index (Phi) is 5.99. The molecule has 0 bridgehead atoms. The maximum Gasteiger partial charge on any atom is 0.212 e. The van der Waals surface area contributed by atoms with Crippen molar-refractivity contribution in [3.05, 3.63) is 72.0 Å². The third-order valence-corrected chi connectivity index (χ3v) is 5.04. The van der Waals surface area contributed by atoms with Crippen molar-refractivity contribution in [3.63, 3.8) is 0 Å². The molecule has 0 saturated carbocycles. The van der Waals surface area contributed by atoms with Crippen LogP contribution in [0.2, 0.25) is 0 Å². The highest BCUT2D eigenvalue weighted by molar-refractivity contribution is 5.77. The highest BCUT2D eigenvalue weighted by atomic mass is 19.1. The molecule has 0 spiro atoms. The van der Waals surface area contributed by atoms with Gasteiger partial charge in [-0.1, -0.05) is 0 Å². The largest absolute Gasteiger partial charge is 0.346 e. The molecule has 0 unspecified atom stereocenters. The summed E-state index contributed by atoms with van der Waals surface area (Å²) in [7, 11) is 1.91. The second-order valence-electron chi connectivity index (χ2n) is 7.48. The molecule has 33 heavy (non-hydrogen) atoms. The van der Waals surface area contributed by atoms with E-state index in [2.05, 4.69) is 30.4 Å². The monoisotopic (exact) mass is 446 g/mol. The maximum atomic E-state index is 13.3. The molecule has 168 valence electrons. The predicted molar refractivity (Wildman–Crippen MR) is 123 cm³/mol. The van der Waals surface area contributed by atoms with Crippen molar-refractivity contribution < 1.29 is 9.18 Å². The van der Waals surface area contributed by atoms with Crippen LogP contribution in [-0.2, 0) is 11.8 Å². The third kappa shape index (κ3) is 4.64. The number of amides is 1. The summed E-state index contributed by atoms with van der Waals surface area (Å²) in [5.74, 6) is 1.92. The number of benzene rings is 1. The zero-order chi connectivity index (χ0) is 23.5. The molecule has 5 aromatic rings. The highest BCUT2D eigenvalue weighted by Gasteiger charge is 2.18. The number of aromatic nitrogens is 7. The molecule has 0 fully saturated rings. The van der Waals surface area contributed by atoms with E-state index in [0.717, 1.165) is 34.3 Å². The predicted octanol–water partition coefficient (Wildman–Crippen LogP) is 3.84. The van der Waals surface area contributed by atoms with Crippen LogP contribution in [0.25, 0.3) is 28.3 Å². The van der Waals surface area contributed by atoms with Crippen LogP contribution in [0.5, 0.6) is 0 Å². The summed E-state index contributed by atoms with van der Waals surface area (Å²) >= 11 is 0. The fourth-order valence-electron chi connectivity index (χ4n) is 3.39. The Balaban J connectivity index is 0.000000318. The van der Waals surface area contributed by atoms with E-state index in [1.807, 2.05) is 50.7 Å². The molecule has 10 heteroatoms. The van der Waals surface area contributed by atoms with Gasteiger partial charge < -0.3 is 14.9 Å². The minimum Gasteiger partial charge on any atom is -0.346 e. The first kappa shape index (κ1) is 21.9. The van der Waals surface area contributed by atoms with Crippen LogP contribution in [0.15, 0.2) is 48.8 Å². The van der Waals surface area contributed by atoms with Gasteiger partial charge in [0.05, 0.1) is 17.6 Å². The Morgan fingerprint density at radius 1 is 1.06 bits per heavy atom. The molecule has 0 aliphatic rings. The van der Waals surface area contributed by atoms with Crippen molar-refractivity contribution in [1.82, 2.24) is 34.1 Å². The first-order chi connectivity index (χ1) is 15.9. The van der Waals surface area contributed by atoms with Gasteiger partial charge in [0.1, 0.15) is 23.2 Å². The van der Waals surface area contributed by atoms with E-state index < -0.39 is 0 Å². The SMILES string of the molecule is Cc1cnc(C)[nH]1.Cc1nc(-c2ccc(F)cc2)c(-c2ccc3nc(NC=O)cn3n2)n1C. The Hall–Kier alpha value is -4.34. The van der Waals surface area contributed by atoms with Crippen LogP contribution in [0.1, 0.15) is 17.3 Å². The maximum absolute atomic E-state index is 13.3. The number of H-pyrrole nitrogens is 1. The summed E-state index contributed by atoms with van der Waals surface area (Å²) in [6.07, 6.45) is 4.02. The number of carbonyl (C=O) groups is 1. The standard InChI is InChI=1S/C18H15FN6O.C5H8N2/c1-11-21-17(12-3-5-13(19)6-4-12)18(24(11)2)14-7-8-16-22-15(20-10-26)9-25(16)23-14;1-4-3-6-5(2)7-4/h3-10H,1-2H3,(H,20,26);3H,1-2H3,(H,6,7). The van der Waals surface area contributed by atoms with Gasteiger partial charge in [0.15, 0.2) is 11.5 Å². The summed E-state index contributed by atoms with van der Waals surface area (Å²) in [4.78, 5) is 26.4. The van der Waals surface area contributed by atoms with Crippen LogP contribution >= 0.6 is 0 Å². The van der Waals surface area contributed by atoms with Crippen molar-refractivity contribution in [3.8, 4) is 22.6 Å². The lowest BCUT2D eigenvalue weighted by atomic mass is 10.1. The van der Waals surface area contributed by atoms with Crippen LogP contribution in [0.4, 0.5) is 10.2 Å². The molecule has 2 N–H and O–H groups in total. The molecule has 0 saturated heterocycles. The number of rotatable bonds is 4. The molecular formula is C23H23FN8O.